The third-order valence-electron chi connectivity index (χ3n) is 7.05. The first-order valence-corrected chi connectivity index (χ1v) is 13.4. The summed E-state index contributed by atoms with van der Waals surface area (Å²) in [6.07, 6.45) is 0. The predicted molar refractivity (Wildman–Crippen MR) is 156 cm³/mol. The van der Waals surface area contributed by atoms with E-state index in [1.807, 2.05) is 59.3 Å². The quantitative estimate of drug-likeness (QED) is 0.261. The molecule has 0 aliphatic carbocycles. The molecule has 0 amide bonds. The normalized spacial score (nSPS) is 12.8. The van der Waals surface area contributed by atoms with Crippen LogP contribution in [-0.4, -0.2) is 30.1 Å². The summed E-state index contributed by atoms with van der Waals surface area (Å²) in [6, 6.07) is 23.7. The van der Waals surface area contributed by atoms with E-state index in [-0.39, 0.29) is 5.56 Å². The zero-order valence-electron chi connectivity index (χ0n) is 22.9. The van der Waals surface area contributed by atoms with Crippen LogP contribution in [0.15, 0.2) is 77.6 Å². The lowest BCUT2D eigenvalue weighted by molar-refractivity contribution is 0.184. The summed E-state index contributed by atoms with van der Waals surface area (Å²) in [7, 11) is 0. The van der Waals surface area contributed by atoms with Crippen LogP contribution >= 0.6 is 11.6 Å². The van der Waals surface area contributed by atoms with Gasteiger partial charge in [-0.05, 0) is 103 Å². The van der Waals surface area contributed by atoms with Gasteiger partial charge < -0.3 is 4.98 Å². The van der Waals surface area contributed by atoms with Crippen LogP contribution in [0.2, 0.25) is 5.02 Å². The topological polar surface area (TPSA) is 79.7 Å². The van der Waals surface area contributed by atoms with Gasteiger partial charge in [0, 0.05) is 29.2 Å². The zero-order valence-corrected chi connectivity index (χ0v) is 23.7. The highest BCUT2D eigenvalue weighted by Crippen LogP contribution is 2.32. The first-order valence-electron chi connectivity index (χ1n) is 13.1. The molecule has 5 rings (SSSR count). The molecule has 0 radical (unpaired) electrons. The fourth-order valence-corrected chi connectivity index (χ4v) is 5.04. The largest absolute Gasteiger partial charge is 0.322 e. The van der Waals surface area contributed by atoms with Crippen LogP contribution in [0, 0.1) is 13.8 Å². The molecule has 0 aliphatic heterocycles. The first kappa shape index (κ1) is 26.8. The van der Waals surface area contributed by atoms with Crippen LogP contribution < -0.4 is 5.56 Å². The van der Waals surface area contributed by atoms with E-state index < -0.39 is 11.6 Å². The van der Waals surface area contributed by atoms with Gasteiger partial charge in [-0.3, -0.25) is 9.69 Å². The summed E-state index contributed by atoms with van der Waals surface area (Å²) < 4.78 is 1.82. The molecule has 2 aromatic heterocycles. The van der Waals surface area contributed by atoms with Crippen molar-refractivity contribution in [3.63, 3.8) is 0 Å². The smallest absolute Gasteiger partial charge is 0.253 e. The number of tetrazole rings is 1. The Morgan fingerprint density at radius 2 is 1.56 bits per heavy atom. The minimum absolute atomic E-state index is 0.159. The number of H-pyrrole nitrogens is 1. The van der Waals surface area contributed by atoms with E-state index >= 15 is 0 Å². The lowest BCUT2D eigenvalue weighted by Gasteiger charge is -2.33. The molecule has 1 N–H and O–H groups in total. The molecular weight excluding hydrogens is 508 g/mol. The van der Waals surface area contributed by atoms with Gasteiger partial charge in [0.2, 0.25) is 0 Å². The fraction of sp³-hybridized carbons (Fsp3) is 0.290. The van der Waals surface area contributed by atoms with Gasteiger partial charge in [0.05, 0.1) is 5.54 Å². The van der Waals surface area contributed by atoms with E-state index in [2.05, 4.69) is 78.2 Å². The highest BCUT2D eigenvalue weighted by molar-refractivity contribution is 6.30. The molecule has 39 heavy (non-hydrogen) atoms. The second kappa shape index (κ2) is 10.8. The van der Waals surface area contributed by atoms with Crippen molar-refractivity contribution in [3.05, 3.63) is 122 Å². The van der Waals surface area contributed by atoms with Crippen LogP contribution in [0.1, 0.15) is 60.5 Å². The first-order chi connectivity index (χ1) is 18.6. The highest BCUT2D eigenvalue weighted by atomic mass is 35.5. The van der Waals surface area contributed by atoms with E-state index in [4.69, 9.17) is 11.6 Å². The van der Waals surface area contributed by atoms with E-state index in [9.17, 15) is 4.79 Å². The molecule has 5 aromatic rings. The third kappa shape index (κ3) is 5.79. The number of nitrogens with zero attached hydrogens (tertiary/aromatic N) is 5. The highest BCUT2D eigenvalue weighted by Gasteiger charge is 2.33. The molecule has 8 heteroatoms. The van der Waals surface area contributed by atoms with Gasteiger partial charge in [-0.2, -0.15) is 0 Å². The number of nitrogens with one attached hydrogen (secondary N) is 1. The summed E-state index contributed by atoms with van der Waals surface area (Å²) in [5.41, 5.74) is 5.34. The molecule has 0 saturated carbocycles. The van der Waals surface area contributed by atoms with Crippen LogP contribution in [0.3, 0.4) is 0 Å². The number of rotatable bonds is 7. The van der Waals surface area contributed by atoms with Crippen molar-refractivity contribution in [1.29, 1.82) is 0 Å². The Balaban J connectivity index is 1.74. The minimum atomic E-state index is -0.523. The molecular formula is C31H33ClN6O. The van der Waals surface area contributed by atoms with Gasteiger partial charge >= 0.3 is 0 Å². The summed E-state index contributed by atoms with van der Waals surface area (Å²) in [5.74, 6) is 0.612. The Bertz CT molecular complexity index is 1650. The fourth-order valence-electron chi connectivity index (χ4n) is 4.92. The minimum Gasteiger partial charge on any atom is -0.322 e. The zero-order chi connectivity index (χ0) is 27.7. The van der Waals surface area contributed by atoms with Crippen molar-refractivity contribution in [3.8, 4) is 0 Å². The van der Waals surface area contributed by atoms with Crippen LogP contribution in [0.5, 0.6) is 0 Å². The van der Waals surface area contributed by atoms with Crippen molar-refractivity contribution in [1.82, 2.24) is 30.1 Å². The molecule has 2 heterocycles. The number of aryl methyl sites for hydroxylation is 2. The second-order valence-electron chi connectivity index (χ2n) is 11.1. The number of benzene rings is 3. The van der Waals surface area contributed by atoms with E-state index in [0.29, 0.717) is 29.5 Å². The number of fused-ring (bicyclic) bond motifs is 1. The molecule has 7 nitrogen and oxygen atoms in total. The maximum Gasteiger partial charge on any atom is 0.253 e. The summed E-state index contributed by atoms with van der Waals surface area (Å²) in [4.78, 5) is 19.2. The van der Waals surface area contributed by atoms with Crippen LogP contribution in [0.4, 0.5) is 0 Å². The summed E-state index contributed by atoms with van der Waals surface area (Å²) >= 11 is 6.20. The monoisotopic (exact) mass is 540 g/mol. The lowest BCUT2D eigenvalue weighted by atomic mass is 9.99. The molecule has 1 atom stereocenters. The predicted octanol–water partition coefficient (Wildman–Crippen LogP) is 6.33. The molecule has 0 unspecified atom stereocenters. The van der Waals surface area contributed by atoms with Crippen molar-refractivity contribution >= 4 is 22.5 Å². The maximum absolute atomic E-state index is 13.8. The lowest BCUT2D eigenvalue weighted by Crippen LogP contribution is -2.37. The number of halogens is 1. The van der Waals surface area contributed by atoms with Crippen molar-refractivity contribution < 1.29 is 0 Å². The third-order valence-corrected chi connectivity index (χ3v) is 7.30. The van der Waals surface area contributed by atoms with Gasteiger partial charge in [0.15, 0.2) is 5.82 Å². The molecule has 200 valence electrons. The molecule has 0 aliphatic rings. The van der Waals surface area contributed by atoms with Gasteiger partial charge in [-0.15, -0.1) is 5.10 Å². The SMILES string of the molecule is Cc1cc2cc([C@@H](c3nnnn3C(C)(C)C)N(Cc3ccccc3)Cc3ccc(Cl)cc3)c(=O)[nH]c2cc1C. The number of pyridine rings is 1. The summed E-state index contributed by atoms with van der Waals surface area (Å²) in [5, 5.41) is 14.6. The van der Waals surface area contributed by atoms with Crippen molar-refractivity contribution in [2.24, 2.45) is 0 Å². The molecule has 0 fully saturated rings. The molecule has 0 bridgehead atoms. The number of aromatic nitrogens is 5. The average Bonchev–Trinajstić information content (AvgIpc) is 3.38. The number of hydrogen-bond acceptors (Lipinski definition) is 5. The summed E-state index contributed by atoms with van der Waals surface area (Å²) in [6.45, 7) is 11.4. The Kier molecular flexibility index (Phi) is 7.38. The van der Waals surface area contributed by atoms with E-state index in [1.165, 1.54) is 5.56 Å². The molecule has 3 aromatic carbocycles. The number of hydrogen-bond donors (Lipinski definition) is 1. The van der Waals surface area contributed by atoms with Crippen LogP contribution in [0.25, 0.3) is 10.9 Å². The van der Waals surface area contributed by atoms with Gasteiger partial charge in [-0.25, -0.2) is 4.68 Å². The average molecular weight is 541 g/mol. The Hall–Kier alpha value is -3.81. The van der Waals surface area contributed by atoms with Gasteiger partial charge in [0.1, 0.15) is 6.04 Å². The Labute approximate surface area is 233 Å². The molecule has 0 spiro atoms. The van der Waals surface area contributed by atoms with Crippen LogP contribution in [-0.2, 0) is 18.6 Å². The Morgan fingerprint density at radius 1 is 0.923 bits per heavy atom. The van der Waals surface area contributed by atoms with Gasteiger partial charge in [0.25, 0.3) is 5.56 Å². The van der Waals surface area contributed by atoms with E-state index in [1.54, 1.807) is 0 Å². The van der Waals surface area contributed by atoms with E-state index in [0.717, 1.165) is 27.6 Å². The standard InChI is InChI=1S/C31H33ClN6O/c1-20-15-24-17-26(30(39)33-27(24)16-21(20)2)28(29-34-35-36-38(29)31(3,4)5)37(18-22-9-7-6-8-10-22)19-23-11-13-25(32)14-12-23/h6-17,28H,18-19H2,1-5H3,(H,33,39)/t28-/m0/s1. The van der Waals surface area contributed by atoms with Crippen molar-refractivity contribution in [2.45, 2.75) is 59.3 Å². The number of aromatic amines is 1. The van der Waals surface area contributed by atoms with Gasteiger partial charge in [-0.1, -0.05) is 54.1 Å². The second-order valence-corrected chi connectivity index (χ2v) is 11.6. The Morgan fingerprint density at radius 3 is 2.23 bits per heavy atom. The maximum atomic E-state index is 13.8. The van der Waals surface area contributed by atoms with Crippen molar-refractivity contribution in [2.75, 3.05) is 0 Å². The molecule has 0 saturated heterocycles.